The molecule has 2 aromatic rings. The molecule has 0 aliphatic heterocycles. The molecule has 2 N–H and O–H groups in total. The third kappa shape index (κ3) is 3.78. The minimum atomic E-state index is 0.450. The smallest absolute Gasteiger partial charge is 0.0975 e. The zero-order valence-electron chi connectivity index (χ0n) is 11.3. The van der Waals surface area contributed by atoms with Gasteiger partial charge in [-0.05, 0) is 36.6 Å². The first-order valence-corrected chi connectivity index (χ1v) is 7.72. The van der Waals surface area contributed by atoms with E-state index in [1.807, 2.05) is 18.2 Å². The molecule has 0 aliphatic rings. The molecule has 0 aliphatic carbocycles. The maximum atomic E-state index is 6.01. The molecule has 1 aromatic carbocycles. The molecule has 0 radical (unpaired) electrons. The third-order valence-electron chi connectivity index (χ3n) is 2.93. The number of hydrogen-bond donors (Lipinski definition) is 1. The lowest BCUT2D eigenvalue weighted by Crippen LogP contribution is -2.04. The first-order chi connectivity index (χ1) is 9.10. The van der Waals surface area contributed by atoms with E-state index in [-0.39, 0.29) is 0 Å². The van der Waals surface area contributed by atoms with Gasteiger partial charge >= 0.3 is 0 Å². The number of thiazole rings is 1. The first kappa shape index (κ1) is 14.5. The van der Waals surface area contributed by atoms with Crippen molar-refractivity contribution < 1.29 is 0 Å². The summed E-state index contributed by atoms with van der Waals surface area (Å²) < 4.78 is 0. The van der Waals surface area contributed by atoms with Gasteiger partial charge in [0, 0.05) is 16.3 Å². The zero-order valence-corrected chi connectivity index (χ0v) is 12.9. The summed E-state index contributed by atoms with van der Waals surface area (Å²) in [5.41, 5.74) is 8.08. The number of hydrogen-bond acceptors (Lipinski definition) is 3. The molecule has 2 rings (SSSR count). The van der Waals surface area contributed by atoms with Gasteiger partial charge in [0.05, 0.1) is 10.7 Å². The average Bonchev–Trinajstić information content (AvgIpc) is 2.73. The molecule has 4 heteroatoms. The Morgan fingerprint density at radius 2 is 2.16 bits per heavy atom. The van der Waals surface area contributed by atoms with Crippen LogP contribution >= 0.6 is 22.9 Å². The van der Waals surface area contributed by atoms with Crippen molar-refractivity contribution in [3.63, 3.8) is 0 Å². The monoisotopic (exact) mass is 294 g/mol. The van der Waals surface area contributed by atoms with Gasteiger partial charge in [0.1, 0.15) is 0 Å². The van der Waals surface area contributed by atoms with Crippen LogP contribution in [0.3, 0.4) is 0 Å². The van der Waals surface area contributed by atoms with Crippen LogP contribution < -0.4 is 5.73 Å². The number of benzene rings is 1. The molecule has 0 atom stereocenters. The Morgan fingerprint density at radius 1 is 1.37 bits per heavy atom. The molecule has 0 fully saturated rings. The van der Waals surface area contributed by atoms with Crippen molar-refractivity contribution in [2.45, 2.75) is 32.6 Å². The molecule has 0 amide bonds. The number of nitrogens with zero attached hydrogens (tertiary/aromatic N) is 1. The summed E-state index contributed by atoms with van der Waals surface area (Å²) >= 11 is 7.79. The number of rotatable bonds is 5. The highest BCUT2D eigenvalue weighted by molar-refractivity contribution is 7.11. The largest absolute Gasteiger partial charge is 0.330 e. The van der Waals surface area contributed by atoms with E-state index in [0.29, 0.717) is 12.5 Å². The molecule has 0 spiro atoms. The van der Waals surface area contributed by atoms with Gasteiger partial charge in [-0.2, -0.15) is 0 Å². The highest BCUT2D eigenvalue weighted by Crippen LogP contribution is 2.27. The summed E-state index contributed by atoms with van der Waals surface area (Å²) in [5.74, 6) is 0.450. The van der Waals surface area contributed by atoms with E-state index in [1.54, 1.807) is 11.3 Å². The fourth-order valence-corrected chi connectivity index (χ4v) is 3.56. The molecule has 2 nitrogen and oxygen atoms in total. The Kier molecular flexibility index (Phi) is 4.97. The minimum Gasteiger partial charge on any atom is -0.330 e. The van der Waals surface area contributed by atoms with Gasteiger partial charge in [0.25, 0.3) is 0 Å². The van der Waals surface area contributed by atoms with Crippen molar-refractivity contribution in [3.8, 4) is 0 Å². The summed E-state index contributed by atoms with van der Waals surface area (Å²) in [6.45, 7) is 5.04. The standard InChI is InChI=1S/C15H19ClN2S/c1-10(2)15-13(6-7-17)19-14(18-15)9-11-4-3-5-12(16)8-11/h3-5,8,10H,6-7,9,17H2,1-2H3. The predicted molar refractivity (Wildman–Crippen MR) is 83.2 cm³/mol. The van der Waals surface area contributed by atoms with E-state index in [0.717, 1.165) is 22.9 Å². The van der Waals surface area contributed by atoms with Gasteiger partial charge in [-0.15, -0.1) is 11.3 Å². The van der Waals surface area contributed by atoms with E-state index in [9.17, 15) is 0 Å². The van der Waals surface area contributed by atoms with Crippen molar-refractivity contribution in [1.29, 1.82) is 0 Å². The second kappa shape index (κ2) is 6.51. The van der Waals surface area contributed by atoms with E-state index in [2.05, 4.69) is 19.9 Å². The molecule has 19 heavy (non-hydrogen) atoms. The topological polar surface area (TPSA) is 38.9 Å². The lowest BCUT2D eigenvalue weighted by molar-refractivity contribution is 0.802. The van der Waals surface area contributed by atoms with Crippen LogP contribution in [0.25, 0.3) is 0 Å². The van der Waals surface area contributed by atoms with Gasteiger partial charge in [-0.3, -0.25) is 0 Å². The van der Waals surface area contributed by atoms with Gasteiger partial charge in [0.15, 0.2) is 0 Å². The van der Waals surface area contributed by atoms with Crippen LogP contribution in [-0.2, 0) is 12.8 Å². The predicted octanol–water partition coefficient (Wildman–Crippen LogP) is 4.01. The SMILES string of the molecule is CC(C)c1nc(Cc2cccc(Cl)c2)sc1CCN. The second-order valence-electron chi connectivity index (χ2n) is 4.92. The number of halogens is 1. The lowest BCUT2D eigenvalue weighted by Gasteiger charge is -2.03. The Labute approximate surface area is 123 Å². The average molecular weight is 295 g/mol. The summed E-state index contributed by atoms with van der Waals surface area (Å²) in [4.78, 5) is 6.10. The summed E-state index contributed by atoms with van der Waals surface area (Å²) in [6.07, 6.45) is 1.76. The first-order valence-electron chi connectivity index (χ1n) is 6.53. The minimum absolute atomic E-state index is 0.450. The van der Waals surface area contributed by atoms with Crippen molar-refractivity contribution in [3.05, 3.63) is 50.4 Å². The number of nitrogens with two attached hydrogens (primary N) is 1. The molecule has 0 saturated carbocycles. The molecule has 1 aromatic heterocycles. The summed E-state index contributed by atoms with van der Waals surface area (Å²) in [7, 11) is 0. The van der Waals surface area contributed by atoms with Crippen molar-refractivity contribution in [1.82, 2.24) is 4.98 Å². The fourth-order valence-electron chi connectivity index (χ4n) is 2.07. The Balaban J connectivity index is 2.23. The molecular weight excluding hydrogens is 276 g/mol. The van der Waals surface area contributed by atoms with Crippen LogP contribution in [0, 0.1) is 0 Å². The highest BCUT2D eigenvalue weighted by atomic mass is 35.5. The number of aromatic nitrogens is 1. The van der Waals surface area contributed by atoms with E-state index in [1.165, 1.54) is 16.1 Å². The Bertz CT molecular complexity index is 549. The van der Waals surface area contributed by atoms with Crippen LogP contribution in [0.5, 0.6) is 0 Å². The maximum Gasteiger partial charge on any atom is 0.0975 e. The van der Waals surface area contributed by atoms with Crippen molar-refractivity contribution in [2.75, 3.05) is 6.54 Å². The van der Waals surface area contributed by atoms with Crippen LogP contribution in [-0.4, -0.2) is 11.5 Å². The quantitative estimate of drug-likeness (QED) is 0.905. The molecular formula is C15H19ClN2S. The normalized spacial score (nSPS) is 11.2. The van der Waals surface area contributed by atoms with Crippen LogP contribution in [0.2, 0.25) is 5.02 Å². The van der Waals surface area contributed by atoms with E-state index >= 15 is 0 Å². The molecule has 0 saturated heterocycles. The zero-order chi connectivity index (χ0) is 13.8. The Hall–Kier alpha value is -0.900. The highest BCUT2D eigenvalue weighted by Gasteiger charge is 2.13. The van der Waals surface area contributed by atoms with Crippen LogP contribution in [0.1, 0.15) is 40.9 Å². The van der Waals surface area contributed by atoms with Gasteiger partial charge < -0.3 is 5.73 Å². The van der Waals surface area contributed by atoms with Crippen molar-refractivity contribution in [2.24, 2.45) is 5.73 Å². The summed E-state index contributed by atoms with van der Waals surface area (Å²) in [5, 5.41) is 1.93. The molecule has 1 heterocycles. The van der Waals surface area contributed by atoms with Crippen molar-refractivity contribution >= 4 is 22.9 Å². The van der Waals surface area contributed by atoms with Crippen LogP contribution in [0.15, 0.2) is 24.3 Å². The summed E-state index contributed by atoms with van der Waals surface area (Å²) in [6, 6.07) is 7.97. The Morgan fingerprint density at radius 3 is 2.79 bits per heavy atom. The molecule has 102 valence electrons. The maximum absolute atomic E-state index is 6.01. The molecule has 0 bridgehead atoms. The van der Waals surface area contributed by atoms with E-state index in [4.69, 9.17) is 22.3 Å². The molecule has 0 unspecified atom stereocenters. The van der Waals surface area contributed by atoms with Crippen LogP contribution in [0.4, 0.5) is 0 Å². The third-order valence-corrected chi connectivity index (χ3v) is 4.30. The second-order valence-corrected chi connectivity index (χ2v) is 6.52. The lowest BCUT2D eigenvalue weighted by atomic mass is 10.1. The van der Waals surface area contributed by atoms with Gasteiger partial charge in [-0.25, -0.2) is 4.98 Å². The fraction of sp³-hybridized carbons (Fsp3) is 0.400. The van der Waals surface area contributed by atoms with Gasteiger partial charge in [-0.1, -0.05) is 37.6 Å². The van der Waals surface area contributed by atoms with Gasteiger partial charge in [0.2, 0.25) is 0 Å². The van der Waals surface area contributed by atoms with E-state index < -0.39 is 0 Å².